The molecule has 4 unspecified atom stereocenters. The van der Waals surface area contributed by atoms with Gasteiger partial charge in [0, 0.05) is 0 Å². The zero-order chi connectivity index (χ0) is 16.4. The molecule has 0 aliphatic carbocycles. The molecule has 0 aliphatic rings. The van der Waals surface area contributed by atoms with Crippen molar-refractivity contribution in [1.29, 1.82) is 0 Å². The Bertz CT molecular complexity index is 471. The summed E-state index contributed by atoms with van der Waals surface area (Å²) in [5.41, 5.74) is 3.27. The van der Waals surface area contributed by atoms with E-state index < -0.39 is 0 Å². The molecule has 0 aromatic heterocycles. The van der Waals surface area contributed by atoms with Gasteiger partial charge in [-0.15, -0.1) is 37.0 Å². The molecule has 0 aliphatic heterocycles. The average Bonchev–Trinajstić information content (AvgIpc) is 2.49. The van der Waals surface area contributed by atoms with Crippen molar-refractivity contribution >= 4 is 58.2 Å². The van der Waals surface area contributed by atoms with Gasteiger partial charge in [0.05, 0.1) is 0 Å². The standard InChI is InChI=1S/C17H32P4/c1-6-10(7-2)11-13(18)15(20)12(16(21)14(11)19)17(5,8-3)9-4/h10H,6-9,18-21H2,1-5H3. The van der Waals surface area contributed by atoms with Crippen molar-refractivity contribution in [2.75, 3.05) is 0 Å². The van der Waals surface area contributed by atoms with Crippen molar-refractivity contribution in [3.05, 3.63) is 11.1 Å². The SMILES string of the molecule is CCC(CC)c1c(P)c(P)c(C(C)(CC)CC)c(P)c1P. The average molecular weight is 360 g/mol. The smallest absolute Gasteiger partial charge is 0.00678 e. The highest BCUT2D eigenvalue weighted by atomic mass is 31.0. The first-order valence-electron chi connectivity index (χ1n) is 8.05. The predicted molar refractivity (Wildman–Crippen MR) is 115 cm³/mol. The van der Waals surface area contributed by atoms with Gasteiger partial charge in [-0.05, 0) is 69.4 Å². The Morgan fingerprint density at radius 1 is 0.762 bits per heavy atom. The van der Waals surface area contributed by atoms with Gasteiger partial charge in [-0.2, -0.15) is 0 Å². The van der Waals surface area contributed by atoms with Crippen LogP contribution >= 0.6 is 37.0 Å². The molecule has 0 radical (unpaired) electrons. The quantitative estimate of drug-likeness (QED) is 0.679. The Balaban J connectivity index is 3.69. The summed E-state index contributed by atoms with van der Waals surface area (Å²) in [6, 6.07) is 0. The molecule has 120 valence electrons. The van der Waals surface area contributed by atoms with Crippen LogP contribution in [-0.4, -0.2) is 0 Å². The largest absolute Gasteiger partial charge is 0.105 e. The van der Waals surface area contributed by atoms with Gasteiger partial charge in [-0.25, -0.2) is 0 Å². The summed E-state index contributed by atoms with van der Waals surface area (Å²) in [6.45, 7) is 11.6. The Hall–Kier alpha value is 0.940. The van der Waals surface area contributed by atoms with E-state index in [9.17, 15) is 0 Å². The van der Waals surface area contributed by atoms with Gasteiger partial charge in [0.2, 0.25) is 0 Å². The monoisotopic (exact) mass is 360 g/mol. The van der Waals surface area contributed by atoms with Gasteiger partial charge in [0.1, 0.15) is 0 Å². The molecule has 0 amide bonds. The lowest BCUT2D eigenvalue weighted by atomic mass is 9.76. The van der Waals surface area contributed by atoms with E-state index in [1.807, 2.05) is 0 Å². The molecule has 0 bridgehead atoms. The molecule has 4 heteroatoms. The van der Waals surface area contributed by atoms with Crippen LogP contribution in [0.15, 0.2) is 0 Å². The Morgan fingerprint density at radius 3 is 1.43 bits per heavy atom. The third-order valence-electron chi connectivity index (χ3n) is 5.26. The Kier molecular flexibility index (Phi) is 7.77. The first-order valence-corrected chi connectivity index (χ1v) is 10.4. The fourth-order valence-corrected chi connectivity index (χ4v) is 5.96. The second-order valence-corrected chi connectivity index (χ2v) is 8.53. The lowest BCUT2D eigenvalue weighted by molar-refractivity contribution is 0.444. The normalized spacial score (nSPS) is 12.3. The van der Waals surface area contributed by atoms with Crippen LogP contribution < -0.4 is 21.2 Å². The summed E-state index contributed by atoms with van der Waals surface area (Å²) < 4.78 is 0. The molecule has 0 saturated heterocycles. The van der Waals surface area contributed by atoms with E-state index in [2.05, 4.69) is 71.6 Å². The summed E-state index contributed by atoms with van der Waals surface area (Å²) in [6.07, 6.45) is 4.74. The molecular formula is C17H32P4. The van der Waals surface area contributed by atoms with E-state index in [1.165, 1.54) is 58.0 Å². The minimum Gasteiger partial charge on any atom is -0.105 e. The highest BCUT2D eigenvalue weighted by Gasteiger charge is 2.30. The third-order valence-corrected chi connectivity index (χ3v) is 8.37. The lowest BCUT2D eigenvalue weighted by Crippen LogP contribution is -2.43. The van der Waals surface area contributed by atoms with Crippen LogP contribution in [0.1, 0.15) is 77.3 Å². The highest BCUT2D eigenvalue weighted by molar-refractivity contribution is 7.39. The van der Waals surface area contributed by atoms with Gasteiger partial charge in [-0.3, -0.25) is 0 Å². The molecule has 0 saturated carbocycles. The second-order valence-electron chi connectivity index (χ2n) is 6.22. The van der Waals surface area contributed by atoms with E-state index in [4.69, 9.17) is 0 Å². The molecular weight excluding hydrogens is 328 g/mol. The van der Waals surface area contributed by atoms with Gasteiger partial charge < -0.3 is 0 Å². The third kappa shape index (κ3) is 3.72. The van der Waals surface area contributed by atoms with Crippen molar-refractivity contribution in [3.8, 4) is 0 Å². The zero-order valence-electron chi connectivity index (χ0n) is 14.2. The summed E-state index contributed by atoms with van der Waals surface area (Å²) in [5.74, 6) is 0.646. The number of rotatable bonds is 6. The van der Waals surface area contributed by atoms with E-state index in [1.54, 1.807) is 0 Å². The van der Waals surface area contributed by atoms with Crippen molar-refractivity contribution < 1.29 is 0 Å². The van der Waals surface area contributed by atoms with Crippen LogP contribution in [0.2, 0.25) is 0 Å². The van der Waals surface area contributed by atoms with Gasteiger partial charge >= 0.3 is 0 Å². The minimum absolute atomic E-state index is 0.247. The fourth-order valence-electron chi connectivity index (χ4n) is 3.24. The molecule has 0 fully saturated rings. The molecule has 0 heterocycles. The molecule has 1 rings (SSSR count). The number of hydrogen-bond acceptors (Lipinski definition) is 0. The molecule has 21 heavy (non-hydrogen) atoms. The zero-order valence-corrected chi connectivity index (χ0v) is 18.8. The molecule has 0 spiro atoms. The van der Waals surface area contributed by atoms with Crippen molar-refractivity contribution in [2.45, 2.75) is 71.6 Å². The van der Waals surface area contributed by atoms with Crippen molar-refractivity contribution in [1.82, 2.24) is 0 Å². The fraction of sp³-hybridized carbons (Fsp3) is 0.647. The van der Waals surface area contributed by atoms with E-state index in [0.717, 1.165) is 0 Å². The number of hydrogen-bond donors (Lipinski definition) is 0. The molecule has 1 aromatic rings. The van der Waals surface area contributed by atoms with Crippen LogP contribution in [0, 0.1) is 0 Å². The van der Waals surface area contributed by atoms with E-state index >= 15 is 0 Å². The maximum atomic E-state index is 3.02. The Morgan fingerprint density at radius 2 is 1.14 bits per heavy atom. The first kappa shape index (κ1) is 20.0. The van der Waals surface area contributed by atoms with Gasteiger partial charge in [0.15, 0.2) is 0 Å². The van der Waals surface area contributed by atoms with Gasteiger partial charge in [-0.1, -0.05) is 34.6 Å². The minimum atomic E-state index is 0.247. The van der Waals surface area contributed by atoms with E-state index in [-0.39, 0.29) is 5.41 Å². The predicted octanol–water partition coefficient (Wildman–Crippen LogP) is 3.67. The molecule has 1 aromatic carbocycles. The van der Waals surface area contributed by atoms with Crippen molar-refractivity contribution in [3.63, 3.8) is 0 Å². The summed E-state index contributed by atoms with van der Waals surface area (Å²) in [7, 11) is 12.1. The lowest BCUT2D eigenvalue weighted by Gasteiger charge is -2.34. The van der Waals surface area contributed by atoms with E-state index in [0.29, 0.717) is 5.92 Å². The molecule has 0 N–H and O–H groups in total. The topological polar surface area (TPSA) is 0 Å². The second kappa shape index (κ2) is 8.16. The van der Waals surface area contributed by atoms with Crippen LogP contribution in [0.3, 0.4) is 0 Å². The first-order chi connectivity index (χ1) is 9.78. The van der Waals surface area contributed by atoms with Crippen LogP contribution in [0.4, 0.5) is 0 Å². The van der Waals surface area contributed by atoms with Crippen LogP contribution in [0.5, 0.6) is 0 Å². The Labute approximate surface area is 141 Å². The van der Waals surface area contributed by atoms with Crippen LogP contribution in [-0.2, 0) is 5.41 Å². The highest BCUT2D eigenvalue weighted by Crippen LogP contribution is 2.32. The summed E-state index contributed by atoms with van der Waals surface area (Å²) >= 11 is 0. The van der Waals surface area contributed by atoms with Gasteiger partial charge in [0.25, 0.3) is 0 Å². The molecule has 4 atom stereocenters. The maximum Gasteiger partial charge on any atom is -0.00678 e. The summed E-state index contributed by atoms with van der Waals surface area (Å²) in [4.78, 5) is 0. The van der Waals surface area contributed by atoms with Crippen molar-refractivity contribution in [2.24, 2.45) is 0 Å². The van der Waals surface area contributed by atoms with Crippen LogP contribution in [0.25, 0.3) is 0 Å². The maximum absolute atomic E-state index is 3.02. The molecule has 0 nitrogen and oxygen atoms in total. The number of benzene rings is 1. The summed E-state index contributed by atoms with van der Waals surface area (Å²) in [5, 5.41) is 5.58.